The largest absolute Gasteiger partial charge is 0.459 e. The van der Waals surface area contributed by atoms with Crippen LogP contribution in [0.3, 0.4) is 0 Å². The first-order valence-corrected chi connectivity index (χ1v) is 8.13. The minimum Gasteiger partial charge on any atom is -0.459 e. The average Bonchev–Trinajstić information content (AvgIpc) is 2.31. The van der Waals surface area contributed by atoms with Gasteiger partial charge < -0.3 is 4.74 Å². The second-order valence-electron chi connectivity index (χ2n) is 4.63. The lowest BCUT2D eigenvalue weighted by atomic mass is 10.1. The van der Waals surface area contributed by atoms with Crippen molar-refractivity contribution in [3.8, 4) is 0 Å². The van der Waals surface area contributed by atoms with E-state index in [1.54, 1.807) is 13.8 Å². The monoisotopic (exact) mass is 319 g/mol. The lowest BCUT2D eigenvalue weighted by Crippen LogP contribution is -2.18. The van der Waals surface area contributed by atoms with E-state index in [4.69, 9.17) is 21.5 Å². The summed E-state index contributed by atoms with van der Waals surface area (Å²) in [6.07, 6.45) is 1.36. The van der Waals surface area contributed by atoms with Crippen LogP contribution in [0.15, 0.2) is 17.0 Å². The Morgan fingerprint density at radius 3 is 2.55 bits per heavy atom. The summed E-state index contributed by atoms with van der Waals surface area (Å²) in [5.41, 5.74) is 0.581. The molecule has 1 unspecified atom stereocenters. The molecule has 1 aromatic rings. The molecule has 2 N–H and O–H groups in total. The molecule has 7 heteroatoms. The molecule has 1 atom stereocenters. The van der Waals surface area contributed by atoms with Crippen LogP contribution >= 0.6 is 11.6 Å². The minimum atomic E-state index is -3.93. The van der Waals surface area contributed by atoms with Gasteiger partial charge in [0.15, 0.2) is 0 Å². The van der Waals surface area contributed by atoms with E-state index in [1.165, 1.54) is 12.1 Å². The number of primary sulfonamides is 1. The van der Waals surface area contributed by atoms with E-state index in [2.05, 4.69) is 0 Å². The molecule has 0 aromatic heterocycles. The molecule has 1 rings (SSSR count). The molecule has 1 aromatic carbocycles. The van der Waals surface area contributed by atoms with Crippen LogP contribution < -0.4 is 5.14 Å². The van der Waals surface area contributed by atoms with Gasteiger partial charge in [0.1, 0.15) is 0 Å². The van der Waals surface area contributed by atoms with E-state index in [0.717, 1.165) is 12.8 Å². The van der Waals surface area contributed by atoms with Crippen LogP contribution in [0, 0.1) is 6.92 Å². The normalized spacial score (nSPS) is 13.1. The van der Waals surface area contributed by atoms with E-state index in [9.17, 15) is 13.2 Å². The molecule has 5 nitrogen and oxygen atoms in total. The van der Waals surface area contributed by atoms with Crippen LogP contribution in [-0.4, -0.2) is 20.5 Å². The van der Waals surface area contributed by atoms with Crippen molar-refractivity contribution in [3.05, 3.63) is 28.3 Å². The number of nitrogens with two attached hydrogens (primary N) is 1. The molecule has 0 fully saturated rings. The predicted molar refractivity (Wildman–Crippen MR) is 77.3 cm³/mol. The number of ether oxygens (including phenoxy) is 1. The third kappa shape index (κ3) is 4.19. The fourth-order valence-electron chi connectivity index (χ4n) is 1.74. The Hall–Kier alpha value is -1.11. The zero-order chi connectivity index (χ0) is 15.5. The van der Waals surface area contributed by atoms with Gasteiger partial charge in [-0.25, -0.2) is 18.4 Å². The summed E-state index contributed by atoms with van der Waals surface area (Å²) in [5, 5.41) is 5.21. The lowest BCUT2D eigenvalue weighted by Gasteiger charge is -2.14. The third-order valence-electron chi connectivity index (χ3n) is 2.87. The molecular weight excluding hydrogens is 302 g/mol. The predicted octanol–water partition coefficient (Wildman–Crippen LogP) is 2.64. The molecule has 0 aliphatic carbocycles. The number of sulfonamides is 1. The summed E-state index contributed by atoms with van der Waals surface area (Å²) >= 11 is 5.94. The van der Waals surface area contributed by atoms with Crippen molar-refractivity contribution < 1.29 is 17.9 Å². The molecule has 0 radical (unpaired) electrons. The maximum absolute atomic E-state index is 12.1. The molecule has 0 amide bonds. The number of hydrogen-bond donors (Lipinski definition) is 1. The highest BCUT2D eigenvalue weighted by atomic mass is 35.5. The van der Waals surface area contributed by atoms with Crippen LogP contribution in [0.25, 0.3) is 0 Å². The van der Waals surface area contributed by atoms with E-state index in [0.29, 0.717) is 5.56 Å². The summed E-state index contributed by atoms with van der Waals surface area (Å²) in [5.74, 6) is -0.601. The van der Waals surface area contributed by atoms with E-state index >= 15 is 0 Å². The number of halogens is 1. The summed E-state index contributed by atoms with van der Waals surface area (Å²) in [4.78, 5) is 11.9. The Morgan fingerprint density at radius 1 is 1.45 bits per heavy atom. The van der Waals surface area contributed by atoms with Gasteiger partial charge in [0.25, 0.3) is 0 Å². The van der Waals surface area contributed by atoms with Crippen LogP contribution in [0.5, 0.6) is 0 Å². The highest BCUT2D eigenvalue weighted by Crippen LogP contribution is 2.25. The van der Waals surface area contributed by atoms with Gasteiger partial charge in [-0.1, -0.05) is 24.9 Å². The first-order chi connectivity index (χ1) is 9.16. The number of esters is 1. The zero-order valence-corrected chi connectivity index (χ0v) is 13.2. The lowest BCUT2D eigenvalue weighted by molar-refractivity contribution is 0.0322. The van der Waals surface area contributed by atoms with Crippen LogP contribution in [0.2, 0.25) is 5.02 Å². The van der Waals surface area contributed by atoms with Gasteiger partial charge in [0.2, 0.25) is 10.0 Å². The fourth-order valence-corrected chi connectivity index (χ4v) is 2.59. The number of carbonyl (C=O) groups is 1. The Bertz CT molecular complexity index is 613. The summed E-state index contributed by atoms with van der Waals surface area (Å²) in [6.45, 7) is 5.38. The molecule has 0 heterocycles. The van der Waals surface area contributed by atoms with Crippen molar-refractivity contribution in [2.75, 3.05) is 0 Å². The van der Waals surface area contributed by atoms with Gasteiger partial charge >= 0.3 is 5.97 Å². The molecule has 0 bridgehead atoms. The van der Waals surface area contributed by atoms with E-state index in [-0.39, 0.29) is 21.6 Å². The van der Waals surface area contributed by atoms with E-state index < -0.39 is 16.0 Å². The van der Waals surface area contributed by atoms with Crippen LogP contribution in [0.4, 0.5) is 0 Å². The van der Waals surface area contributed by atoms with Crippen molar-refractivity contribution in [2.45, 2.75) is 44.6 Å². The van der Waals surface area contributed by atoms with Gasteiger partial charge in [0.05, 0.1) is 16.6 Å². The number of carbonyl (C=O) groups excluding carboxylic acids is 1. The number of hydrogen-bond acceptors (Lipinski definition) is 4. The van der Waals surface area contributed by atoms with Crippen LogP contribution in [-0.2, 0) is 14.8 Å². The fraction of sp³-hybridized carbons (Fsp3) is 0.462. The quantitative estimate of drug-likeness (QED) is 0.845. The second kappa shape index (κ2) is 6.56. The number of benzene rings is 1. The van der Waals surface area contributed by atoms with Crippen molar-refractivity contribution in [3.63, 3.8) is 0 Å². The van der Waals surface area contributed by atoms with Gasteiger partial charge in [-0.2, -0.15) is 0 Å². The molecule has 20 heavy (non-hydrogen) atoms. The van der Waals surface area contributed by atoms with Crippen molar-refractivity contribution in [1.82, 2.24) is 0 Å². The summed E-state index contributed by atoms with van der Waals surface area (Å²) < 4.78 is 28.0. The molecule has 112 valence electrons. The van der Waals surface area contributed by atoms with Crippen molar-refractivity contribution in [1.29, 1.82) is 0 Å². The molecule has 0 saturated carbocycles. The minimum absolute atomic E-state index is 0.115. The zero-order valence-electron chi connectivity index (χ0n) is 11.6. The Kier molecular flexibility index (Phi) is 5.56. The van der Waals surface area contributed by atoms with Crippen molar-refractivity contribution >= 4 is 27.6 Å². The van der Waals surface area contributed by atoms with Crippen molar-refractivity contribution in [2.24, 2.45) is 5.14 Å². The summed E-state index contributed by atoms with van der Waals surface area (Å²) in [6, 6.07) is 2.41. The highest BCUT2D eigenvalue weighted by molar-refractivity contribution is 7.89. The van der Waals surface area contributed by atoms with E-state index in [1.807, 2.05) is 6.92 Å². The molecule has 0 saturated heterocycles. The summed E-state index contributed by atoms with van der Waals surface area (Å²) in [7, 11) is -3.93. The third-order valence-corrected chi connectivity index (χ3v) is 4.16. The second-order valence-corrected chi connectivity index (χ2v) is 6.60. The van der Waals surface area contributed by atoms with Gasteiger partial charge in [-0.15, -0.1) is 0 Å². The molecular formula is C13H18ClNO4S. The molecule has 0 aliphatic rings. The maximum atomic E-state index is 12.1. The molecule has 0 aliphatic heterocycles. The SMILES string of the molecule is CCCC(C)OC(=O)c1cc(S(N)(=O)=O)cc(Cl)c1C. The van der Waals surface area contributed by atoms with Crippen LogP contribution in [0.1, 0.15) is 42.6 Å². The Labute approximate surface area is 124 Å². The van der Waals surface area contributed by atoms with Gasteiger partial charge in [0, 0.05) is 5.02 Å². The molecule has 0 spiro atoms. The first-order valence-electron chi connectivity index (χ1n) is 6.20. The number of rotatable bonds is 5. The Balaban J connectivity index is 3.17. The Morgan fingerprint density at radius 2 is 2.05 bits per heavy atom. The van der Waals surface area contributed by atoms with Gasteiger partial charge in [-0.05, 0) is 38.0 Å². The smallest absolute Gasteiger partial charge is 0.338 e. The topological polar surface area (TPSA) is 86.5 Å². The highest BCUT2D eigenvalue weighted by Gasteiger charge is 2.20. The van der Waals surface area contributed by atoms with Gasteiger partial charge in [-0.3, -0.25) is 0 Å². The standard InChI is InChI=1S/C13H18ClNO4S/c1-4-5-8(2)19-13(16)11-6-10(20(15,17)18)7-12(14)9(11)3/h6-8H,4-5H2,1-3H3,(H2,15,17,18). The maximum Gasteiger partial charge on any atom is 0.338 e. The first kappa shape index (κ1) is 16.9. The average molecular weight is 320 g/mol.